The summed E-state index contributed by atoms with van der Waals surface area (Å²) in [5, 5.41) is 15.2. The maximum Gasteiger partial charge on any atom is 0.319 e. The van der Waals surface area contributed by atoms with Crippen LogP contribution < -0.4 is 15.4 Å². The van der Waals surface area contributed by atoms with Crippen molar-refractivity contribution in [3.63, 3.8) is 0 Å². The van der Waals surface area contributed by atoms with Gasteiger partial charge in [0.25, 0.3) is 0 Å². The van der Waals surface area contributed by atoms with Crippen molar-refractivity contribution in [2.45, 2.75) is 32.8 Å². The van der Waals surface area contributed by atoms with Crippen LogP contribution in [0.4, 0.5) is 10.5 Å². The van der Waals surface area contributed by atoms with Crippen LogP contribution in [0.15, 0.2) is 18.2 Å². The van der Waals surface area contributed by atoms with Gasteiger partial charge in [0.05, 0.1) is 23.4 Å². The van der Waals surface area contributed by atoms with Crippen LogP contribution in [-0.4, -0.2) is 30.4 Å². The van der Waals surface area contributed by atoms with Crippen LogP contribution >= 0.6 is 11.6 Å². The summed E-state index contributed by atoms with van der Waals surface area (Å²) in [6.07, 6.45) is 1.85. The van der Waals surface area contributed by atoms with Crippen molar-refractivity contribution in [1.29, 1.82) is 0 Å². The molecule has 0 heterocycles. The van der Waals surface area contributed by atoms with E-state index in [-0.39, 0.29) is 24.2 Å². The molecule has 116 valence electrons. The van der Waals surface area contributed by atoms with Crippen LogP contribution in [-0.2, 0) is 0 Å². The molecule has 1 aromatic rings. The van der Waals surface area contributed by atoms with Gasteiger partial charge >= 0.3 is 6.03 Å². The lowest BCUT2D eigenvalue weighted by atomic mass is 10.1. The molecule has 0 radical (unpaired) electrons. The number of carbonyl (C=O) groups is 1. The summed E-state index contributed by atoms with van der Waals surface area (Å²) < 4.78 is 5.64. The Morgan fingerprint density at radius 2 is 2.19 bits per heavy atom. The van der Waals surface area contributed by atoms with Crippen LogP contribution in [0.3, 0.4) is 0 Å². The molecule has 21 heavy (non-hydrogen) atoms. The molecule has 0 bridgehead atoms. The minimum Gasteiger partial charge on any atom is -0.487 e. The summed E-state index contributed by atoms with van der Waals surface area (Å²) in [4.78, 5) is 11.9. The lowest BCUT2D eigenvalue weighted by Gasteiger charge is -2.17. The van der Waals surface area contributed by atoms with Crippen molar-refractivity contribution < 1.29 is 14.6 Å². The predicted octanol–water partition coefficient (Wildman–Crippen LogP) is 3.02. The van der Waals surface area contributed by atoms with Crippen LogP contribution in [0.25, 0.3) is 0 Å². The fraction of sp³-hybridized carbons (Fsp3) is 0.533. The molecule has 0 saturated heterocycles. The summed E-state index contributed by atoms with van der Waals surface area (Å²) in [5.74, 6) is 0.465. The first kappa shape index (κ1) is 15.9. The number of amides is 2. The quantitative estimate of drug-likeness (QED) is 0.756. The summed E-state index contributed by atoms with van der Waals surface area (Å²) >= 11 is 6.11. The van der Waals surface area contributed by atoms with E-state index in [0.717, 1.165) is 12.8 Å². The van der Waals surface area contributed by atoms with Crippen molar-refractivity contribution in [3.05, 3.63) is 23.2 Å². The molecule has 1 aliphatic carbocycles. The maximum absolute atomic E-state index is 11.9. The van der Waals surface area contributed by atoms with E-state index >= 15 is 0 Å². The van der Waals surface area contributed by atoms with E-state index in [2.05, 4.69) is 10.6 Å². The molecule has 1 saturated carbocycles. The molecule has 0 aliphatic heterocycles. The van der Waals surface area contributed by atoms with Gasteiger partial charge in [-0.15, -0.1) is 0 Å². The fourth-order valence-electron chi connectivity index (χ4n) is 1.96. The summed E-state index contributed by atoms with van der Waals surface area (Å²) in [5.41, 5.74) is 0.408. The van der Waals surface area contributed by atoms with Crippen molar-refractivity contribution in [3.8, 4) is 5.75 Å². The number of nitrogens with one attached hydrogen (secondary N) is 2. The van der Waals surface area contributed by atoms with Crippen molar-refractivity contribution >= 4 is 23.3 Å². The van der Waals surface area contributed by atoms with E-state index in [0.29, 0.717) is 23.0 Å². The Morgan fingerprint density at radius 1 is 1.48 bits per heavy atom. The van der Waals surface area contributed by atoms with Crippen molar-refractivity contribution in [2.75, 3.05) is 18.5 Å². The van der Waals surface area contributed by atoms with Gasteiger partial charge in [-0.1, -0.05) is 17.7 Å². The topological polar surface area (TPSA) is 70.6 Å². The van der Waals surface area contributed by atoms with Crippen molar-refractivity contribution in [2.24, 2.45) is 5.41 Å². The maximum atomic E-state index is 11.9. The lowest BCUT2D eigenvalue weighted by Crippen LogP contribution is -2.35. The smallest absolute Gasteiger partial charge is 0.319 e. The molecular weight excluding hydrogens is 292 g/mol. The van der Waals surface area contributed by atoms with Crippen LogP contribution in [0.2, 0.25) is 5.02 Å². The Labute approximate surface area is 129 Å². The van der Waals surface area contributed by atoms with E-state index in [1.54, 1.807) is 18.2 Å². The molecule has 6 heteroatoms. The molecule has 0 aromatic heterocycles. The number of aliphatic hydroxyl groups is 1. The third-order valence-corrected chi connectivity index (χ3v) is 3.78. The lowest BCUT2D eigenvalue weighted by molar-refractivity contribution is 0.206. The molecule has 1 fully saturated rings. The molecular formula is C15H21ClN2O3. The average molecular weight is 313 g/mol. The molecule has 2 rings (SSSR count). The highest BCUT2D eigenvalue weighted by Crippen LogP contribution is 2.44. The van der Waals surface area contributed by atoms with Crippen LogP contribution in [0.1, 0.15) is 26.7 Å². The number of aliphatic hydroxyl groups excluding tert-OH is 1. The largest absolute Gasteiger partial charge is 0.487 e. The Balaban J connectivity index is 1.98. The van der Waals surface area contributed by atoms with Gasteiger partial charge in [-0.3, -0.25) is 0 Å². The van der Waals surface area contributed by atoms with Gasteiger partial charge in [-0.2, -0.15) is 0 Å². The molecule has 0 spiro atoms. The Morgan fingerprint density at radius 3 is 2.76 bits per heavy atom. The van der Waals surface area contributed by atoms with E-state index in [1.165, 1.54) is 0 Å². The average Bonchev–Trinajstić information content (AvgIpc) is 3.21. The van der Waals surface area contributed by atoms with Crippen molar-refractivity contribution in [1.82, 2.24) is 5.32 Å². The molecule has 5 nitrogen and oxygen atoms in total. The van der Waals surface area contributed by atoms with Gasteiger partial charge in [0.15, 0.2) is 5.75 Å². The first-order valence-electron chi connectivity index (χ1n) is 7.07. The number of anilines is 1. The van der Waals surface area contributed by atoms with Gasteiger partial charge in [0, 0.05) is 12.0 Å². The van der Waals surface area contributed by atoms with E-state index in [4.69, 9.17) is 16.3 Å². The number of para-hydroxylation sites is 1. The molecule has 1 aromatic carbocycles. The van der Waals surface area contributed by atoms with Crippen LogP contribution in [0.5, 0.6) is 5.75 Å². The third kappa shape index (κ3) is 4.25. The fourth-order valence-corrected chi connectivity index (χ4v) is 2.18. The summed E-state index contributed by atoms with van der Waals surface area (Å²) in [6, 6.07) is 4.88. The number of benzene rings is 1. The van der Waals surface area contributed by atoms with E-state index in [1.807, 2.05) is 13.8 Å². The number of urea groups is 1. The minimum absolute atomic E-state index is 0.0439. The molecule has 3 N–H and O–H groups in total. The summed E-state index contributed by atoms with van der Waals surface area (Å²) in [7, 11) is 0. The zero-order valence-electron chi connectivity index (χ0n) is 12.3. The summed E-state index contributed by atoms with van der Waals surface area (Å²) in [6.45, 7) is 4.36. The predicted molar refractivity (Wildman–Crippen MR) is 83.0 cm³/mol. The first-order valence-corrected chi connectivity index (χ1v) is 7.44. The number of hydrogen-bond acceptors (Lipinski definition) is 3. The van der Waals surface area contributed by atoms with E-state index in [9.17, 15) is 9.90 Å². The highest BCUT2D eigenvalue weighted by molar-refractivity contribution is 6.32. The van der Waals surface area contributed by atoms with Gasteiger partial charge in [0.1, 0.15) is 0 Å². The van der Waals surface area contributed by atoms with Gasteiger partial charge in [-0.05, 0) is 38.8 Å². The van der Waals surface area contributed by atoms with E-state index < -0.39 is 0 Å². The molecule has 1 aliphatic rings. The monoisotopic (exact) mass is 312 g/mol. The van der Waals surface area contributed by atoms with Gasteiger partial charge < -0.3 is 20.5 Å². The Hall–Kier alpha value is -1.46. The zero-order chi connectivity index (χ0) is 15.5. The number of ether oxygens (including phenoxy) is 1. The second-order valence-corrected chi connectivity index (χ2v) is 6.16. The zero-order valence-corrected chi connectivity index (χ0v) is 13.0. The minimum atomic E-state index is -0.328. The van der Waals surface area contributed by atoms with Gasteiger partial charge in [0.2, 0.25) is 0 Å². The highest BCUT2D eigenvalue weighted by Gasteiger charge is 2.42. The third-order valence-electron chi connectivity index (χ3n) is 3.49. The normalized spacial score (nSPS) is 15.7. The Kier molecular flexibility index (Phi) is 4.96. The molecule has 0 atom stereocenters. The SMILES string of the molecule is CC(C)Oc1c(Cl)cccc1NC(=O)NCC1(CO)CC1. The highest BCUT2D eigenvalue weighted by atomic mass is 35.5. The standard InChI is InChI=1S/C15H21ClN2O3/c1-10(2)21-13-11(16)4-3-5-12(13)18-14(20)17-8-15(9-19)6-7-15/h3-5,10,19H,6-9H2,1-2H3,(H2,17,18,20). The Bertz CT molecular complexity index is 516. The number of carbonyl (C=O) groups excluding carboxylic acids is 1. The molecule has 2 amide bonds. The number of hydrogen-bond donors (Lipinski definition) is 3. The number of halogens is 1. The molecule has 0 unspecified atom stereocenters. The first-order chi connectivity index (χ1) is 9.96. The second kappa shape index (κ2) is 6.54. The van der Waals surface area contributed by atoms with Crippen LogP contribution in [0, 0.1) is 5.41 Å². The second-order valence-electron chi connectivity index (χ2n) is 5.75. The van der Waals surface area contributed by atoms with Gasteiger partial charge in [-0.25, -0.2) is 4.79 Å². The number of rotatable bonds is 6.